The summed E-state index contributed by atoms with van der Waals surface area (Å²) in [7, 11) is 0. The normalized spacial score (nSPS) is 23.8. The summed E-state index contributed by atoms with van der Waals surface area (Å²) in [4.78, 5) is 10.5. The lowest BCUT2D eigenvalue weighted by molar-refractivity contribution is 0.0839. The predicted molar refractivity (Wildman–Crippen MR) is 66.9 cm³/mol. The lowest BCUT2D eigenvalue weighted by Gasteiger charge is -2.20. The zero-order chi connectivity index (χ0) is 12.8. The zero-order valence-corrected chi connectivity index (χ0v) is 10.0. The fourth-order valence-electron chi connectivity index (χ4n) is 2.25. The van der Waals surface area contributed by atoms with E-state index in [1.54, 1.807) is 6.20 Å². The molecule has 1 atom stereocenters. The van der Waals surface area contributed by atoms with E-state index >= 15 is 0 Å². The van der Waals surface area contributed by atoms with Gasteiger partial charge in [0.2, 0.25) is 5.95 Å². The number of β-amino-alcohol motifs (C(OH)–C–C–N with tert-alkyl or cyclic N) is 1. The first-order chi connectivity index (χ1) is 8.59. The average Bonchev–Trinajstić information content (AvgIpc) is 2.93. The molecule has 1 aliphatic heterocycles. The van der Waals surface area contributed by atoms with Crippen molar-refractivity contribution in [3.8, 4) is 0 Å². The van der Waals surface area contributed by atoms with Crippen LogP contribution in [0, 0.1) is 0 Å². The number of nitrogens with two attached hydrogens (primary N) is 1. The van der Waals surface area contributed by atoms with Crippen molar-refractivity contribution in [2.24, 2.45) is 5.84 Å². The number of fused-ring (bicyclic) bond motifs is 1. The van der Waals surface area contributed by atoms with Gasteiger partial charge in [-0.15, -0.1) is 0 Å². The number of aromatic amines is 1. The summed E-state index contributed by atoms with van der Waals surface area (Å²) in [6.45, 7) is 3.10. The first-order valence-corrected chi connectivity index (χ1v) is 5.74. The van der Waals surface area contributed by atoms with Crippen LogP contribution in [0.2, 0.25) is 0 Å². The largest absolute Gasteiger partial charge is 0.388 e. The first kappa shape index (κ1) is 11.2. The summed E-state index contributed by atoms with van der Waals surface area (Å²) in [6, 6.07) is 0. The van der Waals surface area contributed by atoms with E-state index in [1.165, 1.54) is 0 Å². The Kier molecular flexibility index (Phi) is 2.35. The van der Waals surface area contributed by atoms with E-state index in [2.05, 4.69) is 25.6 Å². The van der Waals surface area contributed by atoms with Crippen LogP contribution in [0.15, 0.2) is 6.20 Å². The molecule has 2 aromatic heterocycles. The number of aliphatic hydroxyl groups is 1. The van der Waals surface area contributed by atoms with Gasteiger partial charge in [0, 0.05) is 13.1 Å². The fraction of sp³-hybridized carbons (Fsp3) is 0.500. The summed E-state index contributed by atoms with van der Waals surface area (Å²) < 4.78 is 0. The number of anilines is 2. The Bertz CT molecular complexity index is 579. The monoisotopic (exact) mass is 249 g/mol. The van der Waals surface area contributed by atoms with Gasteiger partial charge in [-0.3, -0.25) is 10.5 Å². The second kappa shape index (κ2) is 3.79. The lowest BCUT2D eigenvalue weighted by atomic mass is 10.1. The smallest absolute Gasteiger partial charge is 0.241 e. The molecule has 0 bridgehead atoms. The fourth-order valence-corrected chi connectivity index (χ4v) is 2.25. The van der Waals surface area contributed by atoms with Gasteiger partial charge in [-0.2, -0.15) is 15.1 Å². The summed E-state index contributed by atoms with van der Waals surface area (Å²) in [5, 5.41) is 17.6. The van der Waals surface area contributed by atoms with Crippen LogP contribution in [0.5, 0.6) is 0 Å². The van der Waals surface area contributed by atoms with Crippen molar-refractivity contribution in [3.05, 3.63) is 6.20 Å². The van der Waals surface area contributed by atoms with Gasteiger partial charge in [0.25, 0.3) is 0 Å². The molecule has 0 aliphatic carbocycles. The van der Waals surface area contributed by atoms with Crippen LogP contribution >= 0.6 is 0 Å². The Morgan fingerprint density at radius 3 is 3.06 bits per heavy atom. The summed E-state index contributed by atoms with van der Waals surface area (Å²) in [5.41, 5.74) is 2.38. The van der Waals surface area contributed by atoms with Crippen LogP contribution in [0.25, 0.3) is 11.0 Å². The van der Waals surface area contributed by atoms with E-state index in [-0.39, 0.29) is 0 Å². The maximum absolute atomic E-state index is 10.0. The Labute approximate surface area is 103 Å². The molecule has 0 aromatic carbocycles. The van der Waals surface area contributed by atoms with E-state index in [0.29, 0.717) is 24.6 Å². The highest BCUT2D eigenvalue weighted by Crippen LogP contribution is 2.30. The van der Waals surface area contributed by atoms with Gasteiger partial charge < -0.3 is 10.0 Å². The standard InChI is InChI=1S/C10H15N7O/c1-10(18)2-3-17(5-10)8-6-4-12-16-7(6)13-9(14-8)15-11/h4,18H,2-3,5,11H2,1H3,(H2,12,13,14,15,16). The number of hydrogen-bond acceptors (Lipinski definition) is 7. The molecule has 1 saturated heterocycles. The SMILES string of the molecule is CC1(O)CCN(c2nc(NN)nc3[nH]ncc23)C1. The topological polar surface area (TPSA) is 116 Å². The maximum atomic E-state index is 10.0. The average molecular weight is 249 g/mol. The van der Waals surface area contributed by atoms with E-state index < -0.39 is 5.60 Å². The highest BCUT2D eigenvalue weighted by atomic mass is 16.3. The van der Waals surface area contributed by atoms with Crippen LogP contribution in [0.1, 0.15) is 13.3 Å². The van der Waals surface area contributed by atoms with Crippen LogP contribution in [-0.2, 0) is 0 Å². The number of hydrogen-bond donors (Lipinski definition) is 4. The Hall–Kier alpha value is -1.93. The molecule has 0 amide bonds. The van der Waals surface area contributed by atoms with E-state index in [9.17, 15) is 5.11 Å². The minimum atomic E-state index is -0.683. The summed E-state index contributed by atoms with van der Waals surface area (Å²) in [6.07, 6.45) is 2.39. The highest BCUT2D eigenvalue weighted by molar-refractivity contribution is 5.87. The van der Waals surface area contributed by atoms with Crippen molar-refractivity contribution in [1.82, 2.24) is 20.2 Å². The van der Waals surface area contributed by atoms with Gasteiger partial charge in [0.15, 0.2) is 5.65 Å². The molecule has 1 aliphatic rings. The van der Waals surface area contributed by atoms with Crippen molar-refractivity contribution in [2.45, 2.75) is 18.9 Å². The lowest BCUT2D eigenvalue weighted by Crippen LogP contribution is -2.30. The van der Waals surface area contributed by atoms with Crippen LogP contribution in [-0.4, -0.2) is 44.0 Å². The van der Waals surface area contributed by atoms with Crippen LogP contribution in [0.3, 0.4) is 0 Å². The molecule has 5 N–H and O–H groups in total. The number of nitrogens with zero attached hydrogens (tertiary/aromatic N) is 4. The molecule has 3 heterocycles. The summed E-state index contributed by atoms with van der Waals surface area (Å²) >= 11 is 0. The van der Waals surface area contributed by atoms with Crippen molar-refractivity contribution in [3.63, 3.8) is 0 Å². The van der Waals surface area contributed by atoms with Gasteiger partial charge in [-0.1, -0.05) is 0 Å². The second-order valence-electron chi connectivity index (χ2n) is 4.82. The molecular weight excluding hydrogens is 234 g/mol. The number of rotatable bonds is 2. The Morgan fingerprint density at radius 1 is 1.56 bits per heavy atom. The predicted octanol–water partition coefficient (Wildman–Crippen LogP) is -0.400. The third-order valence-electron chi connectivity index (χ3n) is 3.17. The van der Waals surface area contributed by atoms with Gasteiger partial charge >= 0.3 is 0 Å². The van der Waals surface area contributed by atoms with Crippen molar-refractivity contribution in [1.29, 1.82) is 0 Å². The van der Waals surface area contributed by atoms with Crippen molar-refractivity contribution in [2.75, 3.05) is 23.4 Å². The Balaban J connectivity index is 2.07. The molecule has 3 rings (SSSR count). The van der Waals surface area contributed by atoms with Crippen LogP contribution < -0.4 is 16.2 Å². The van der Waals surface area contributed by atoms with Gasteiger partial charge in [0.05, 0.1) is 17.2 Å². The molecule has 0 spiro atoms. The number of H-pyrrole nitrogens is 1. The molecule has 0 saturated carbocycles. The summed E-state index contributed by atoms with van der Waals surface area (Å²) in [5.74, 6) is 6.42. The molecule has 8 nitrogen and oxygen atoms in total. The second-order valence-corrected chi connectivity index (χ2v) is 4.82. The van der Waals surface area contributed by atoms with Crippen LogP contribution in [0.4, 0.5) is 11.8 Å². The number of aromatic nitrogens is 4. The first-order valence-electron chi connectivity index (χ1n) is 5.74. The highest BCUT2D eigenvalue weighted by Gasteiger charge is 2.33. The van der Waals surface area contributed by atoms with Crippen molar-refractivity contribution >= 4 is 22.8 Å². The van der Waals surface area contributed by atoms with Gasteiger partial charge in [-0.25, -0.2) is 5.84 Å². The number of nitrogens with one attached hydrogen (secondary N) is 2. The molecule has 2 aromatic rings. The Morgan fingerprint density at radius 2 is 2.39 bits per heavy atom. The third kappa shape index (κ3) is 1.75. The van der Waals surface area contributed by atoms with E-state index in [1.807, 2.05) is 11.8 Å². The van der Waals surface area contributed by atoms with E-state index in [4.69, 9.17) is 5.84 Å². The van der Waals surface area contributed by atoms with Gasteiger partial charge in [0.1, 0.15) is 5.82 Å². The molecule has 18 heavy (non-hydrogen) atoms. The number of hydrazine groups is 1. The van der Waals surface area contributed by atoms with E-state index in [0.717, 1.165) is 17.7 Å². The maximum Gasteiger partial charge on any atom is 0.241 e. The molecule has 0 radical (unpaired) electrons. The molecule has 8 heteroatoms. The molecule has 1 unspecified atom stereocenters. The zero-order valence-electron chi connectivity index (χ0n) is 10.0. The quantitative estimate of drug-likeness (QED) is 0.422. The van der Waals surface area contributed by atoms with Crippen molar-refractivity contribution < 1.29 is 5.11 Å². The molecular formula is C10H15N7O. The number of nitrogen functional groups attached to an aromatic ring is 1. The van der Waals surface area contributed by atoms with Gasteiger partial charge in [-0.05, 0) is 13.3 Å². The third-order valence-corrected chi connectivity index (χ3v) is 3.17. The molecule has 96 valence electrons. The minimum Gasteiger partial charge on any atom is -0.388 e. The minimum absolute atomic E-state index is 0.327. The molecule has 1 fully saturated rings.